The fraction of sp³-hybridized carbons (Fsp3) is 0.400. The first-order valence-electron chi connectivity index (χ1n) is 7.23. The number of benzene rings is 1. The molecule has 1 heterocycles. The molecule has 6 heteroatoms. The fourth-order valence-electron chi connectivity index (χ4n) is 2.57. The Labute approximate surface area is 129 Å². The van der Waals surface area contributed by atoms with Gasteiger partial charge in [0, 0.05) is 12.6 Å². The summed E-state index contributed by atoms with van der Waals surface area (Å²) in [7, 11) is 0. The Morgan fingerprint density at radius 3 is 2.43 bits per heavy atom. The van der Waals surface area contributed by atoms with Crippen LogP contribution in [0.15, 0.2) is 24.3 Å². The second kappa shape index (κ2) is 6.26. The molecule has 0 bridgehead atoms. The third kappa shape index (κ3) is 3.42. The molecule has 1 aromatic heterocycles. The maximum absolute atomic E-state index is 5.96. The van der Waals surface area contributed by atoms with E-state index in [-0.39, 0.29) is 5.28 Å². The smallest absolute Gasteiger partial charge is 0.229 e. The number of anilines is 2. The normalized spacial score (nSPS) is 14.0. The molecule has 1 aliphatic rings. The van der Waals surface area contributed by atoms with Crippen molar-refractivity contribution in [3.63, 3.8) is 0 Å². The molecule has 110 valence electrons. The van der Waals surface area contributed by atoms with Crippen LogP contribution in [0.5, 0.6) is 0 Å². The highest BCUT2D eigenvalue weighted by Gasteiger charge is 2.21. The Morgan fingerprint density at radius 1 is 1.10 bits per heavy atom. The van der Waals surface area contributed by atoms with Crippen LogP contribution in [-0.2, 0) is 12.8 Å². The van der Waals surface area contributed by atoms with E-state index in [1.54, 1.807) is 0 Å². The monoisotopic (exact) mass is 303 g/mol. The summed E-state index contributed by atoms with van der Waals surface area (Å²) in [4.78, 5) is 12.6. The standard InChI is InChI=1S/C15H18ClN5/c1-2-7-17-14-19-13(16)20-15(21-14)18-12-8-10-5-3-4-6-11(10)9-12/h3-6,12H,2,7-9H2,1H3,(H2,17,18,19,20,21). The van der Waals surface area contributed by atoms with Crippen LogP contribution < -0.4 is 10.6 Å². The first-order chi connectivity index (χ1) is 10.2. The lowest BCUT2D eigenvalue weighted by atomic mass is 10.1. The van der Waals surface area contributed by atoms with Crippen molar-refractivity contribution in [1.82, 2.24) is 15.0 Å². The molecule has 0 unspecified atom stereocenters. The van der Waals surface area contributed by atoms with Gasteiger partial charge in [0.25, 0.3) is 0 Å². The van der Waals surface area contributed by atoms with Gasteiger partial charge >= 0.3 is 0 Å². The fourth-order valence-corrected chi connectivity index (χ4v) is 2.73. The summed E-state index contributed by atoms with van der Waals surface area (Å²) < 4.78 is 0. The second-order valence-corrected chi connectivity index (χ2v) is 5.53. The van der Waals surface area contributed by atoms with E-state index >= 15 is 0 Å². The van der Waals surface area contributed by atoms with Crippen molar-refractivity contribution in [2.75, 3.05) is 17.2 Å². The molecule has 0 atom stereocenters. The molecule has 0 saturated carbocycles. The van der Waals surface area contributed by atoms with Crippen molar-refractivity contribution in [2.24, 2.45) is 0 Å². The zero-order valence-electron chi connectivity index (χ0n) is 11.9. The molecule has 3 rings (SSSR count). The molecule has 2 N–H and O–H groups in total. The van der Waals surface area contributed by atoms with Crippen LogP contribution in [0, 0.1) is 0 Å². The van der Waals surface area contributed by atoms with Crippen LogP contribution in [0.1, 0.15) is 24.5 Å². The van der Waals surface area contributed by atoms with Gasteiger partial charge < -0.3 is 10.6 Å². The minimum absolute atomic E-state index is 0.210. The largest absolute Gasteiger partial charge is 0.354 e. The van der Waals surface area contributed by atoms with Crippen molar-refractivity contribution in [3.05, 3.63) is 40.7 Å². The molecule has 0 amide bonds. The lowest BCUT2D eigenvalue weighted by Gasteiger charge is -2.12. The summed E-state index contributed by atoms with van der Waals surface area (Å²) >= 11 is 5.96. The number of hydrogen-bond donors (Lipinski definition) is 2. The number of halogens is 1. The van der Waals surface area contributed by atoms with Gasteiger partial charge in [0.1, 0.15) is 0 Å². The van der Waals surface area contributed by atoms with Crippen molar-refractivity contribution in [1.29, 1.82) is 0 Å². The topological polar surface area (TPSA) is 62.7 Å². The average Bonchev–Trinajstić information content (AvgIpc) is 2.86. The van der Waals surface area contributed by atoms with Gasteiger partial charge in [-0.25, -0.2) is 0 Å². The maximum Gasteiger partial charge on any atom is 0.229 e. The summed E-state index contributed by atoms with van der Waals surface area (Å²) in [6.07, 6.45) is 2.97. The van der Waals surface area contributed by atoms with E-state index in [1.807, 2.05) is 0 Å². The molecule has 0 radical (unpaired) electrons. The van der Waals surface area contributed by atoms with E-state index in [2.05, 4.69) is 56.8 Å². The lowest BCUT2D eigenvalue weighted by molar-refractivity contribution is 0.759. The minimum Gasteiger partial charge on any atom is -0.354 e. The average molecular weight is 304 g/mol. The molecule has 0 aliphatic heterocycles. The van der Waals surface area contributed by atoms with Crippen LogP contribution in [-0.4, -0.2) is 27.5 Å². The summed E-state index contributed by atoms with van der Waals surface area (Å²) in [5, 5.41) is 6.70. The highest BCUT2D eigenvalue weighted by molar-refractivity contribution is 6.28. The van der Waals surface area contributed by atoms with Crippen molar-refractivity contribution < 1.29 is 0 Å². The summed E-state index contributed by atoms with van der Waals surface area (Å²) in [6.45, 7) is 2.90. The molecule has 0 saturated heterocycles. The summed E-state index contributed by atoms with van der Waals surface area (Å²) in [5.74, 6) is 1.06. The van der Waals surface area contributed by atoms with E-state index in [0.29, 0.717) is 17.9 Å². The Balaban J connectivity index is 1.70. The highest BCUT2D eigenvalue weighted by atomic mass is 35.5. The third-order valence-corrected chi connectivity index (χ3v) is 3.69. The maximum atomic E-state index is 5.96. The van der Waals surface area contributed by atoms with Gasteiger partial charge in [-0.05, 0) is 42.0 Å². The molecule has 5 nitrogen and oxygen atoms in total. The molecule has 1 aliphatic carbocycles. The van der Waals surface area contributed by atoms with Gasteiger partial charge in [0.2, 0.25) is 17.2 Å². The van der Waals surface area contributed by atoms with Crippen LogP contribution in [0.2, 0.25) is 5.28 Å². The zero-order valence-corrected chi connectivity index (χ0v) is 12.7. The molecule has 0 fully saturated rings. The first kappa shape index (κ1) is 14.1. The Bertz CT molecular complexity index is 606. The number of rotatable bonds is 5. The number of hydrogen-bond acceptors (Lipinski definition) is 5. The Morgan fingerprint density at radius 2 is 1.76 bits per heavy atom. The Hall–Kier alpha value is -1.88. The van der Waals surface area contributed by atoms with Crippen LogP contribution in [0.4, 0.5) is 11.9 Å². The predicted octanol–water partition coefficient (Wildman–Crippen LogP) is 2.93. The summed E-state index contributed by atoms with van der Waals surface area (Å²) in [5.41, 5.74) is 2.78. The van der Waals surface area contributed by atoms with Gasteiger partial charge in [-0.3, -0.25) is 0 Å². The predicted molar refractivity (Wildman–Crippen MR) is 84.9 cm³/mol. The van der Waals surface area contributed by atoms with Gasteiger partial charge in [-0.15, -0.1) is 0 Å². The number of nitrogens with zero attached hydrogens (tertiary/aromatic N) is 3. The third-order valence-electron chi connectivity index (χ3n) is 3.53. The van der Waals surface area contributed by atoms with E-state index in [0.717, 1.165) is 25.8 Å². The van der Waals surface area contributed by atoms with E-state index < -0.39 is 0 Å². The molecule has 2 aromatic rings. The minimum atomic E-state index is 0.210. The highest BCUT2D eigenvalue weighted by Crippen LogP contribution is 2.24. The van der Waals surface area contributed by atoms with Crippen LogP contribution in [0.3, 0.4) is 0 Å². The second-order valence-electron chi connectivity index (χ2n) is 5.20. The van der Waals surface area contributed by atoms with Gasteiger partial charge in [0.05, 0.1) is 0 Å². The molecule has 21 heavy (non-hydrogen) atoms. The number of fused-ring (bicyclic) bond motifs is 1. The number of aromatic nitrogens is 3. The van der Waals surface area contributed by atoms with Crippen molar-refractivity contribution in [2.45, 2.75) is 32.2 Å². The molecule has 0 spiro atoms. The van der Waals surface area contributed by atoms with Gasteiger partial charge in [-0.2, -0.15) is 15.0 Å². The van der Waals surface area contributed by atoms with Crippen LogP contribution >= 0.6 is 11.6 Å². The van der Waals surface area contributed by atoms with Crippen molar-refractivity contribution in [3.8, 4) is 0 Å². The quantitative estimate of drug-likeness (QED) is 0.889. The molecular weight excluding hydrogens is 286 g/mol. The molecule has 1 aromatic carbocycles. The van der Waals surface area contributed by atoms with E-state index in [1.165, 1.54) is 11.1 Å². The summed E-state index contributed by atoms with van der Waals surface area (Å²) in [6, 6.07) is 8.80. The van der Waals surface area contributed by atoms with E-state index in [4.69, 9.17) is 11.6 Å². The van der Waals surface area contributed by atoms with Crippen LogP contribution in [0.25, 0.3) is 0 Å². The van der Waals surface area contributed by atoms with E-state index in [9.17, 15) is 0 Å². The van der Waals surface area contributed by atoms with Gasteiger partial charge in [-0.1, -0.05) is 31.2 Å². The van der Waals surface area contributed by atoms with Crippen molar-refractivity contribution >= 4 is 23.5 Å². The number of nitrogens with one attached hydrogen (secondary N) is 2. The molecular formula is C15H18ClN5. The first-order valence-corrected chi connectivity index (χ1v) is 7.61. The SMILES string of the molecule is CCCNc1nc(Cl)nc(NC2Cc3ccccc3C2)n1. The Kier molecular flexibility index (Phi) is 4.20. The lowest BCUT2D eigenvalue weighted by Crippen LogP contribution is -2.21. The van der Waals surface area contributed by atoms with Gasteiger partial charge in [0.15, 0.2) is 0 Å². The zero-order chi connectivity index (χ0) is 14.7.